The number of esters is 1. The van der Waals surface area contributed by atoms with Crippen LogP contribution in [0.1, 0.15) is 188 Å². The van der Waals surface area contributed by atoms with Crippen LogP contribution >= 0.6 is 0 Å². The van der Waals surface area contributed by atoms with Crippen molar-refractivity contribution in [2.75, 3.05) is 13.6 Å². The van der Waals surface area contributed by atoms with Crippen molar-refractivity contribution in [1.82, 2.24) is 4.90 Å². The largest absolute Gasteiger partial charge is 0.463 e. The van der Waals surface area contributed by atoms with Crippen LogP contribution in [0.15, 0.2) is 0 Å². The van der Waals surface area contributed by atoms with Gasteiger partial charge in [-0.25, -0.2) is 0 Å². The molecule has 0 saturated heterocycles. The van der Waals surface area contributed by atoms with Gasteiger partial charge in [-0.05, 0) is 26.2 Å². The standard InChI is InChI=1S/C34H67NO3/c1-5-7-9-11-13-15-17-19-20-22-24-26-28-32(3)38-34(37)30-31-35(4)33(36)29-27-25-23-21-18-16-14-12-10-8-6-2/h32H,5-31H2,1-4H3. The number of nitrogens with zero attached hydrogens (tertiary/aromatic N) is 1. The fourth-order valence-corrected chi connectivity index (χ4v) is 5.13. The van der Waals surface area contributed by atoms with Crippen molar-refractivity contribution in [2.24, 2.45) is 0 Å². The van der Waals surface area contributed by atoms with Gasteiger partial charge in [0.15, 0.2) is 0 Å². The van der Waals surface area contributed by atoms with Crippen LogP contribution in [0.5, 0.6) is 0 Å². The van der Waals surface area contributed by atoms with Gasteiger partial charge >= 0.3 is 5.97 Å². The maximum Gasteiger partial charge on any atom is 0.307 e. The topological polar surface area (TPSA) is 46.6 Å². The van der Waals surface area contributed by atoms with E-state index in [1.54, 1.807) is 4.90 Å². The summed E-state index contributed by atoms with van der Waals surface area (Å²) >= 11 is 0. The third-order valence-corrected chi connectivity index (χ3v) is 7.87. The highest BCUT2D eigenvalue weighted by Gasteiger charge is 2.13. The van der Waals surface area contributed by atoms with Gasteiger partial charge in [0.05, 0.1) is 12.5 Å². The van der Waals surface area contributed by atoms with Crippen molar-refractivity contribution < 1.29 is 14.3 Å². The van der Waals surface area contributed by atoms with Crippen LogP contribution in [0.25, 0.3) is 0 Å². The zero-order valence-corrected chi connectivity index (χ0v) is 26.3. The fraction of sp³-hybridized carbons (Fsp3) is 0.941. The first-order valence-corrected chi connectivity index (χ1v) is 16.9. The lowest BCUT2D eigenvalue weighted by molar-refractivity contribution is -0.149. The van der Waals surface area contributed by atoms with Crippen LogP contribution in [0, 0.1) is 0 Å². The van der Waals surface area contributed by atoms with Crippen LogP contribution in [0.3, 0.4) is 0 Å². The lowest BCUT2D eigenvalue weighted by Gasteiger charge is -2.18. The van der Waals surface area contributed by atoms with E-state index >= 15 is 0 Å². The molecule has 1 unspecified atom stereocenters. The molecule has 1 atom stereocenters. The Morgan fingerprint density at radius 3 is 1.34 bits per heavy atom. The number of hydrogen-bond donors (Lipinski definition) is 0. The summed E-state index contributed by atoms with van der Waals surface area (Å²) in [6, 6.07) is 0. The van der Waals surface area contributed by atoms with Crippen LogP contribution in [-0.4, -0.2) is 36.5 Å². The van der Waals surface area contributed by atoms with Crippen LogP contribution in [-0.2, 0) is 14.3 Å². The Morgan fingerprint density at radius 2 is 0.921 bits per heavy atom. The molecule has 4 nitrogen and oxygen atoms in total. The Bertz CT molecular complexity index is 522. The molecule has 0 spiro atoms. The predicted molar refractivity (Wildman–Crippen MR) is 165 cm³/mol. The molecule has 0 aromatic heterocycles. The van der Waals surface area contributed by atoms with Gasteiger partial charge in [0.25, 0.3) is 0 Å². The Hall–Kier alpha value is -1.06. The molecular formula is C34H67NO3. The summed E-state index contributed by atoms with van der Waals surface area (Å²) in [5, 5.41) is 0. The second-order valence-electron chi connectivity index (χ2n) is 11.8. The minimum atomic E-state index is -0.175. The second kappa shape index (κ2) is 28.9. The normalized spacial score (nSPS) is 12.0. The van der Waals surface area contributed by atoms with Crippen molar-refractivity contribution in [1.29, 1.82) is 0 Å². The number of hydrogen-bond acceptors (Lipinski definition) is 3. The summed E-state index contributed by atoms with van der Waals surface area (Å²) in [5.41, 5.74) is 0. The van der Waals surface area contributed by atoms with Gasteiger partial charge in [-0.3, -0.25) is 9.59 Å². The second-order valence-corrected chi connectivity index (χ2v) is 11.8. The average Bonchev–Trinajstić information content (AvgIpc) is 2.90. The number of unbranched alkanes of at least 4 members (excludes halogenated alkanes) is 21. The molecule has 0 aliphatic rings. The van der Waals surface area contributed by atoms with E-state index in [0.717, 1.165) is 25.7 Å². The highest BCUT2D eigenvalue weighted by molar-refractivity contribution is 5.77. The lowest BCUT2D eigenvalue weighted by atomic mass is 10.0. The molecule has 0 aromatic carbocycles. The molecule has 4 heteroatoms. The van der Waals surface area contributed by atoms with Gasteiger partial charge in [0.1, 0.15) is 0 Å². The van der Waals surface area contributed by atoms with Crippen LogP contribution in [0.2, 0.25) is 0 Å². The third kappa shape index (κ3) is 26.5. The van der Waals surface area contributed by atoms with E-state index in [9.17, 15) is 9.59 Å². The van der Waals surface area contributed by atoms with E-state index in [1.165, 1.54) is 128 Å². The SMILES string of the molecule is CCCCCCCCCCCCCCC(C)OC(=O)CCN(C)C(=O)CCCCCCCCCCCCC. The fourth-order valence-electron chi connectivity index (χ4n) is 5.13. The van der Waals surface area contributed by atoms with Crippen molar-refractivity contribution in [3.63, 3.8) is 0 Å². The van der Waals surface area contributed by atoms with Crippen molar-refractivity contribution in [3.8, 4) is 0 Å². The van der Waals surface area contributed by atoms with Gasteiger partial charge in [-0.2, -0.15) is 0 Å². The molecule has 0 aromatic rings. The molecule has 0 radical (unpaired) electrons. The molecule has 0 heterocycles. The van der Waals surface area contributed by atoms with Crippen LogP contribution < -0.4 is 0 Å². The molecule has 1 amide bonds. The first-order valence-electron chi connectivity index (χ1n) is 16.9. The van der Waals surface area contributed by atoms with Crippen molar-refractivity contribution in [3.05, 3.63) is 0 Å². The number of amides is 1. The van der Waals surface area contributed by atoms with Gasteiger partial charge in [0.2, 0.25) is 5.91 Å². The Morgan fingerprint density at radius 1 is 0.553 bits per heavy atom. The molecule has 0 bridgehead atoms. The van der Waals surface area contributed by atoms with E-state index in [2.05, 4.69) is 13.8 Å². The molecule has 0 saturated carbocycles. The summed E-state index contributed by atoms with van der Waals surface area (Å²) in [4.78, 5) is 26.3. The van der Waals surface area contributed by atoms with E-state index in [4.69, 9.17) is 4.74 Å². The van der Waals surface area contributed by atoms with E-state index in [-0.39, 0.29) is 18.0 Å². The molecule has 38 heavy (non-hydrogen) atoms. The first-order chi connectivity index (χ1) is 18.5. The van der Waals surface area contributed by atoms with Gasteiger partial charge in [-0.15, -0.1) is 0 Å². The van der Waals surface area contributed by atoms with E-state index < -0.39 is 0 Å². The summed E-state index contributed by atoms with van der Waals surface area (Å²) in [5.74, 6) is -0.0240. The Kier molecular flexibility index (Phi) is 28.1. The molecule has 0 rings (SSSR count). The molecule has 226 valence electrons. The summed E-state index contributed by atoms with van der Waals surface area (Å²) in [6.45, 7) is 6.99. The maximum atomic E-state index is 12.4. The highest BCUT2D eigenvalue weighted by Crippen LogP contribution is 2.15. The molecule has 0 aliphatic carbocycles. The first kappa shape index (κ1) is 36.9. The zero-order chi connectivity index (χ0) is 28.1. The Labute approximate surface area is 238 Å². The summed E-state index contributed by atoms with van der Waals surface area (Å²) < 4.78 is 5.58. The summed E-state index contributed by atoms with van der Waals surface area (Å²) in [7, 11) is 1.81. The Balaban J connectivity index is 3.55. The third-order valence-electron chi connectivity index (χ3n) is 7.87. The van der Waals surface area contributed by atoms with Gasteiger partial charge in [0, 0.05) is 20.0 Å². The zero-order valence-electron chi connectivity index (χ0n) is 26.3. The lowest BCUT2D eigenvalue weighted by Crippen LogP contribution is -2.29. The van der Waals surface area contributed by atoms with Crippen molar-refractivity contribution >= 4 is 11.9 Å². The number of carbonyl (C=O) groups is 2. The van der Waals surface area contributed by atoms with E-state index in [1.807, 2.05) is 14.0 Å². The molecule has 0 aliphatic heterocycles. The average molecular weight is 538 g/mol. The minimum absolute atomic E-state index is 0.0250. The number of carbonyl (C=O) groups excluding carboxylic acids is 2. The highest BCUT2D eigenvalue weighted by atomic mass is 16.5. The van der Waals surface area contributed by atoms with Gasteiger partial charge in [-0.1, -0.05) is 149 Å². The number of ether oxygens (including phenoxy) is 1. The molecular weight excluding hydrogens is 470 g/mol. The quantitative estimate of drug-likeness (QED) is 0.0704. The predicted octanol–water partition coefficient (Wildman–Crippen LogP) is 10.6. The minimum Gasteiger partial charge on any atom is -0.463 e. The molecule has 0 fully saturated rings. The smallest absolute Gasteiger partial charge is 0.307 e. The monoisotopic (exact) mass is 538 g/mol. The number of rotatable bonds is 29. The van der Waals surface area contributed by atoms with Crippen molar-refractivity contribution in [2.45, 2.75) is 194 Å². The maximum absolute atomic E-state index is 12.4. The van der Waals surface area contributed by atoms with Gasteiger partial charge < -0.3 is 9.64 Å². The van der Waals surface area contributed by atoms with Crippen LogP contribution in [0.4, 0.5) is 0 Å². The van der Waals surface area contributed by atoms with E-state index in [0.29, 0.717) is 19.4 Å². The summed E-state index contributed by atoms with van der Waals surface area (Å²) in [6.07, 6.45) is 32.1. The molecule has 0 N–H and O–H groups in total.